The largest absolute Gasteiger partial charge is 0.0659 e. The number of rotatable bonds is 2. The van der Waals surface area contributed by atoms with Gasteiger partial charge in [-0.25, -0.2) is 0 Å². The van der Waals surface area contributed by atoms with Crippen molar-refractivity contribution in [3.8, 4) is 0 Å². The molecule has 0 radical (unpaired) electrons. The van der Waals surface area contributed by atoms with E-state index in [0.29, 0.717) is 10.8 Å². The molecule has 0 nitrogen and oxygen atoms in total. The van der Waals surface area contributed by atoms with E-state index in [4.69, 9.17) is 0 Å². The van der Waals surface area contributed by atoms with Crippen LogP contribution in [0, 0.1) is 10.8 Å². The number of hydrogen-bond donors (Lipinski definition) is 0. The minimum absolute atomic E-state index is 0.386. The zero-order valence-electron chi connectivity index (χ0n) is 13.2. The van der Waals surface area contributed by atoms with E-state index in [-0.39, 0.29) is 0 Å². The van der Waals surface area contributed by atoms with Crippen molar-refractivity contribution in [2.24, 2.45) is 10.8 Å². The first-order chi connectivity index (χ1) is 8.77. The lowest BCUT2D eigenvalue weighted by Gasteiger charge is -2.35. The Morgan fingerprint density at radius 3 is 2.26 bits per heavy atom. The van der Waals surface area contributed by atoms with Gasteiger partial charge in [-0.1, -0.05) is 70.5 Å². The summed E-state index contributed by atoms with van der Waals surface area (Å²) in [6, 6.07) is 11.0. The molecule has 0 atom stereocenters. The molecule has 0 N–H and O–H groups in total. The molecule has 0 spiro atoms. The van der Waals surface area contributed by atoms with Gasteiger partial charge in [-0.05, 0) is 47.6 Å². The molecule has 0 fully saturated rings. The van der Waals surface area contributed by atoms with E-state index in [1.165, 1.54) is 31.2 Å². The highest BCUT2D eigenvalue weighted by Crippen LogP contribution is 2.45. The highest BCUT2D eigenvalue weighted by molar-refractivity contribution is 5.70. The average molecular weight is 256 g/mol. The maximum Gasteiger partial charge on any atom is -0.0222 e. The van der Waals surface area contributed by atoms with Crippen molar-refractivity contribution in [1.82, 2.24) is 0 Å². The zero-order valence-corrected chi connectivity index (χ0v) is 13.2. The fourth-order valence-electron chi connectivity index (χ4n) is 3.11. The first-order valence-electron chi connectivity index (χ1n) is 7.53. The van der Waals surface area contributed by atoms with E-state index in [1.807, 2.05) is 0 Å². The molecule has 0 unspecified atom stereocenters. The van der Waals surface area contributed by atoms with Crippen LogP contribution in [-0.4, -0.2) is 0 Å². The summed E-state index contributed by atoms with van der Waals surface area (Å²) in [5.74, 6) is 0. The Labute approximate surface area is 118 Å². The average Bonchev–Trinajstić information content (AvgIpc) is 2.31. The van der Waals surface area contributed by atoms with Crippen LogP contribution in [0.5, 0.6) is 0 Å². The first-order valence-corrected chi connectivity index (χ1v) is 7.53. The van der Waals surface area contributed by atoms with Crippen LogP contribution < -0.4 is 0 Å². The lowest BCUT2D eigenvalue weighted by atomic mass is 9.70. The minimum Gasteiger partial charge on any atom is -0.0659 e. The Bertz CT molecular complexity index is 455. The molecule has 0 heterocycles. The van der Waals surface area contributed by atoms with Crippen molar-refractivity contribution >= 4 is 5.57 Å². The molecule has 2 rings (SSSR count). The topological polar surface area (TPSA) is 0 Å². The summed E-state index contributed by atoms with van der Waals surface area (Å²) < 4.78 is 0. The predicted octanol–water partition coefficient (Wildman–Crippen LogP) is 6.09. The fraction of sp³-hybridized carbons (Fsp3) is 0.579. The molecule has 1 aliphatic rings. The smallest absolute Gasteiger partial charge is 0.0222 e. The van der Waals surface area contributed by atoms with Crippen molar-refractivity contribution in [3.63, 3.8) is 0 Å². The van der Waals surface area contributed by atoms with Crippen LogP contribution in [0.3, 0.4) is 0 Å². The van der Waals surface area contributed by atoms with E-state index in [0.717, 1.165) is 0 Å². The molecule has 0 aromatic heterocycles. The molecule has 1 aromatic carbocycles. The second-order valence-electron chi connectivity index (χ2n) is 8.03. The molecular weight excluding hydrogens is 228 g/mol. The third kappa shape index (κ3) is 3.96. The molecule has 0 amide bonds. The van der Waals surface area contributed by atoms with E-state index in [1.54, 1.807) is 11.1 Å². The zero-order chi connectivity index (χ0) is 14.1. The number of allylic oxidation sites excluding steroid dienone is 2. The summed E-state index contributed by atoms with van der Waals surface area (Å²) in [5, 5.41) is 0. The third-order valence-corrected chi connectivity index (χ3v) is 4.05. The molecule has 0 aliphatic heterocycles. The van der Waals surface area contributed by atoms with Crippen LogP contribution in [0.1, 0.15) is 65.9 Å². The lowest BCUT2D eigenvalue weighted by molar-refractivity contribution is 0.316. The standard InChI is InChI=1S/C19H28/c1-18(2,3)13-16-11-12-19(4,5)14-17(16)15-9-7-6-8-10-15/h6-10H,11-14H2,1-5H3. The highest BCUT2D eigenvalue weighted by Gasteiger charge is 2.29. The molecule has 1 aliphatic carbocycles. The van der Waals surface area contributed by atoms with Gasteiger partial charge in [0.15, 0.2) is 0 Å². The van der Waals surface area contributed by atoms with E-state index in [9.17, 15) is 0 Å². The van der Waals surface area contributed by atoms with Gasteiger partial charge in [0.1, 0.15) is 0 Å². The van der Waals surface area contributed by atoms with Crippen LogP contribution in [0.4, 0.5) is 0 Å². The second-order valence-corrected chi connectivity index (χ2v) is 8.03. The second kappa shape index (κ2) is 5.15. The Morgan fingerprint density at radius 2 is 1.68 bits per heavy atom. The Balaban J connectivity index is 2.39. The van der Waals surface area contributed by atoms with Crippen LogP contribution in [0.15, 0.2) is 35.9 Å². The van der Waals surface area contributed by atoms with Gasteiger partial charge in [0, 0.05) is 0 Å². The normalized spacial score (nSPS) is 19.6. The van der Waals surface area contributed by atoms with Gasteiger partial charge in [0.25, 0.3) is 0 Å². The minimum atomic E-state index is 0.386. The molecular formula is C19H28. The van der Waals surface area contributed by atoms with Crippen molar-refractivity contribution in [1.29, 1.82) is 0 Å². The Morgan fingerprint density at radius 1 is 1.05 bits per heavy atom. The van der Waals surface area contributed by atoms with Crippen LogP contribution >= 0.6 is 0 Å². The summed E-state index contributed by atoms with van der Waals surface area (Å²) >= 11 is 0. The maximum atomic E-state index is 2.41. The summed E-state index contributed by atoms with van der Waals surface area (Å²) in [6.45, 7) is 11.9. The van der Waals surface area contributed by atoms with Crippen LogP contribution in [0.2, 0.25) is 0 Å². The summed E-state index contributed by atoms with van der Waals surface area (Å²) in [6.07, 6.45) is 5.05. The van der Waals surface area contributed by atoms with E-state index < -0.39 is 0 Å². The summed E-state index contributed by atoms with van der Waals surface area (Å²) in [4.78, 5) is 0. The molecule has 19 heavy (non-hydrogen) atoms. The van der Waals surface area contributed by atoms with Gasteiger partial charge in [0.05, 0.1) is 0 Å². The Kier molecular flexibility index (Phi) is 3.90. The molecule has 104 valence electrons. The molecule has 0 heteroatoms. The molecule has 0 bridgehead atoms. The van der Waals surface area contributed by atoms with Crippen molar-refractivity contribution in [3.05, 3.63) is 41.5 Å². The van der Waals surface area contributed by atoms with Gasteiger partial charge in [-0.15, -0.1) is 0 Å². The lowest BCUT2D eigenvalue weighted by Crippen LogP contribution is -2.20. The molecule has 1 aromatic rings. The maximum absolute atomic E-state index is 2.41. The Hall–Kier alpha value is -1.04. The summed E-state index contributed by atoms with van der Waals surface area (Å²) in [7, 11) is 0. The van der Waals surface area contributed by atoms with E-state index >= 15 is 0 Å². The molecule has 0 saturated heterocycles. The van der Waals surface area contributed by atoms with Gasteiger partial charge < -0.3 is 0 Å². The van der Waals surface area contributed by atoms with Crippen molar-refractivity contribution in [2.45, 2.75) is 60.3 Å². The van der Waals surface area contributed by atoms with Crippen LogP contribution in [-0.2, 0) is 0 Å². The van der Waals surface area contributed by atoms with Crippen LogP contribution in [0.25, 0.3) is 5.57 Å². The SMILES string of the molecule is CC(C)(C)CC1=C(c2ccccc2)CC(C)(C)CC1. The van der Waals surface area contributed by atoms with E-state index in [2.05, 4.69) is 65.0 Å². The first kappa shape index (κ1) is 14.4. The van der Waals surface area contributed by atoms with Gasteiger partial charge >= 0.3 is 0 Å². The van der Waals surface area contributed by atoms with Gasteiger partial charge in [0.2, 0.25) is 0 Å². The third-order valence-electron chi connectivity index (χ3n) is 4.05. The predicted molar refractivity (Wildman–Crippen MR) is 85.1 cm³/mol. The highest BCUT2D eigenvalue weighted by atomic mass is 14.3. The van der Waals surface area contributed by atoms with Gasteiger partial charge in [-0.3, -0.25) is 0 Å². The van der Waals surface area contributed by atoms with Crippen molar-refractivity contribution < 1.29 is 0 Å². The van der Waals surface area contributed by atoms with Gasteiger partial charge in [-0.2, -0.15) is 0 Å². The monoisotopic (exact) mass is 256 g/mol. The fourth-order valence-corrected chi connectivity index (χ4v) is 3.11. The van der Waals surface area contributed by atoms with Crippen molar-refractivity contribution in [2.75, 3.05) is 0 Å². The summed E-state index contributed by atoms with van der Waals surface area (Å²) in [5.41, 5.74) is 5.59. The quantitative estimate of drug-likeness (QED) is 0.601. The number of hydrogen-bond acceptors (Lipinski definition) is 0. The number of benzene rings is 1. The molecule has 0 saturated carbocycles.